The number of benzene rings is 1. The van der Waals surface area contributed by atoms with Gasteiger partial charge in [0.05, 0.1) is 7.11 Å². The molecule has 0 saturated carbocycles. The molecule has 4 heteroatoms. The topological polar surface area (TPSA) is 41.5 Å². The van der Waals surface area contributed by atoms with E-state index >= 15 is 0 Å². The summed E-state index contributed by atoms with van der Waals surface area (Å²) < 4.78 is 5.20. The zero-order valence-electron chi connectivity index (χ0n) is 12.8. The highest BCUT2D eigenvalue weighted by molar-refractivity contribution is 7.99. The van der Waals surface area contributed by atoms with Crippen LogP contribution in [0.25, 0.3) is 0 Å². The molecular formula is C16H27NO2S. The summed E-state index contributed by atoms with van der Waals surface area (Å²) >= 11 is 1.90. The number of rotatable bonds is 10. The Morgan fingerprint density at radius 3 is 2.50 bits per heavy atom. The van der Waals surface area contributed by atoms with E-state index in [0.717, 1.165) is 30.2 Å². The third-order valence-electron chi connectivity index (χ3n) is 3.16. The summed E-state index contributed by atoms with van der Waals surface area (Å²) in [5.74, 6) is 3.28. The molecule has 0 radical (unpaired) electrons. The van der Waals surface area contributed by atoms with Crippen LogP contribution in [0.1, 0.15) is 31.9 Å². The summed E-state index contributed by atoms with van der Waals surface area (Å²) in [5.41, 5.74) is 1.29. The monoisotopic (exact) mass is 297 g/mol. The van der Waals surface area contributed by atoms with Crippen molar-refractivity contribution in [3.05, 3.63) is 29.8 Å². The smallest absolute Gasteiger partial charge is 0.118 e. The number of aliphatic hydroxyl groups is 1. The number of methoxy groups -OCH3 is 1. The van der Waals surface area contributed by atoms with Gasteiger partial charge in [0, 0.05) is 18.4 Å². The Labute approximate surface area is 127 Å². The molecular weight excluding hydrogens is 270 g/mol. The van der Waals surface area contributed by atoms with E-state index in [1.165, 1.54) is 5.56 Å². The second-order valence-corrected chi connectivity index (χ2v) is 6.18. The van der Waals surface area contributed by atoms with E-state index in [4.69, 9.17) is 9.84 Å². The van der Waals surface area contributed by atoms with Gasteiger partial charge in [-0.15, -0.1) is 0 Å². The predicted molar refractivity (Wildman–Crippen MR) is 87.6 cm³/mol. The van der Waals surface area contributed by atoms with E-state index in [0.29, 0.717) is 12.0 Å². The standard InChI is InChI=1S/C16H27NO2S/c1-4-9-17-16(12-20-11-13(2)10-18)14-5-7-15(19-3)8-6-14/h5-8,13,16-18H,4,9-12H2,1-3H3. The first-order chi connectivity index (χ1) is 9.71. The van der Waals surface area contributed by atoms with Gasteiger partial charge in [-0.25, -0.2) is 0 Å². The lowest BCUT2D eigenvalue weighted by Gasteiger charge is -2.20. The lowest BCUT2D eigenvalue weighted by Crippen LogP contribution is -2.24. The number of nitrogens with one attached hydrogen (secondary N) is 1. The van der Waals surface area contributed by atoms with Crippen molar-refractivity contribution < 1.29 is 9.84 Å². The van der Waals surface area contributed by atoms with Crippen molar-refractivity contribution in [2.24, 2.45) is 5.92 Å². The highest BCUT2D eigenvalue weighted by Gasteiger charge is 2.11. The summed E-state index contributed by atoms with van der Waals surface area (Å²) in [6.45, 7) is 5.54. The molecule has 1 aromatic rings. The Morgan fingerprint density at radius 1 is 1.25 bits per heavy atom. The fourth-order valence-electron chi connectivity index (χ4n) is 1.87. The minimum atomic E-state index is 0.266. The van der Waals surface area contributed by atoms with Crippen molar-refractivity contribution in [1.82, 2.24) is 5.32 Å². The molecule has 0 spiro atoms. The molecule has 0 saturated heterocycles. The first-order valence-corrected chi connectivity index (χ1v) is 8.42. The lowest BCUT2D eigenvalue weighted by atomic mass is 10.1. The van der Waals surface area contributed by atoms with E-state index in [-0.39, 0.29) is 6.61 Å². The fraction of sp³-hybridized carbons (Fsp3) is 0.625. The van der Waals surface area contributed by atoms with Gasteiger partial charge in [-0.1, -0.05) is 26.0 Å². The van der Waals surface area contributed by atoms with Gasteiger partial charge in [0.15, 0.2) is 0 Å². The molecule has 1 aromatic carbocycles. The van der Waals surface area contributed by atoms with E-state index in [2.05, 4.69) is 31.3 Å². The van der Waals surface area contributed by atoms with E-state index in [9.17, 15) is 0 Å². The number of ether oxygens (including phenoxy) is 1. The van der Waals surface area contributed by atoms with Gasteiger partial charge < -0.3 is 15.2 Å². The molecule has 0 aromatic heterocycles. The maximum Gasteiger partial charge on any atom is 0.118 e. The SMILES string of the molecule is CCCNC(CSCC(C)CO)c1ccc(OC)cc1. The maximum atomic E-state index is 9.07. The Hall–Kier alpha value is -0.710. The average molecular weight is 297 g/mol. The molecule has 0 aliphatic heterocycles. The summed E-state index contributed by atoms with van der Waals surface area (Å²) in [4.78, 5) is 0. The second-order valence-electron chi connectivity index (χ2n) is 5.11. The maximum absolute atomic E-state index is 9.07. The van der Waals surface area contributed by atoms with Crippen LogP contribution in [0.5, 0.6) is 5.75 Å². The fourth-order valence-corrected chi connectivity index (χ4v) is 3.06. The Kier molecular flexibility index (Phi) is 8.74. The average Bonchev–Trinajstić information content (AvgIpc) is 2.50. The minimum absolute atomic E-state index is 0.266. The zero-order valence-corrected chi connectivity index (χ0v) is 13.6. The van der Waals surface area contributed by atoms with Crippen molar-refractivity contribution in [1.29, 1.82) is 0 Å². The molecule has 0 aliphatic rings. The van der Waals surface area contributed by atoms with Crippen molar-refractivity contribution >= 4 is 11.8 Å². The largest absolute Gasteiger partial charge is 0.497 e. The molecule has 0 fully saturated rings. The normalized spacial score (nSPS) is 14.0. The molecule has 3 nitrogen and oxygen atoms in total. The summed E-state index contributed by atoms with van der Waals surface area (Å²) in [6, 6.07) is 8.63. The van der Waals surface area contributed by atoms with Crippen molar-refractivity contribution in [3.63, 3.8) is 0 Å². The van der Waals surface area contributed by atoms with Crippen molar-refractivity contribution in [2.75, 3.05) is 31.8 Å². The van der Waals surface area contributed by atoms with Crippen LogP contribution in [0.4, 0.5) is 0 Å². The third-order valence-corrected chi connectivity index (χ3v) is 4.53. The number of aliphatic hydroxyl groups excluding tert-OH is 1. The molecule has 20 heavy (non-hydrogen) atoms. The molecule has 0 aliphatic carbocycles. The quantitative estimate of drug-likeness (QED) is 0.696. The summed E-state index contributed by atoms with van der Waals surface area (Å²) in [6.07, 6.45) is 1.13. The minimum Gasteiger partial charge on any atom is -0.497 e. The lowest BCUT2D eigenvalue weighted by molar-refractivity contribution is 0.250. The van der Waals surface area contributed by atoms with Crippen molar-refractivity contribution in [3.8, 4) is 5.75 Å². The zero-order chi connectivity index (χ0) is 14.8. The molecule has 1 rings (SSSR count). The van der Waals surface area contributed by atoms with Crippen LogP contribution in [0.2, 0.25) is 0 Å². The predicted octanol–water partition coefficient (Wildman–Crippen LogP) is 3.10. The van der Waals surface area contributed by atoms with Gasteiger partial charge in [-0.2, -0.15) is 11.8 Å². The first kappa shape index (κ1) is 17.3. The van der Waals surface area contributed by atoms with Crippen LogP contribution in [-0.4, -0.2) is 36.9 Å². The molecule has 0 heterocycles. The molecule has 2 unspecified atom stereocenters. The van der Waals surface area contributed by atoms with Gasteiger partial charge in [0.1, 0.15) is 5.75 Å². The molecule has 0 bridgehead atoms. The molecule has 114 valence electrons. The Bertz CT molecular complexity index is 356. The molecule has 2 atom stereocenters. The van der Waals surface area contributed by atoms with Crippen LogP contribution in [0.3, 0.4) is 0 Å². The van der Waals surface area contributed by atoms with Gasteiger partial charge in [-0.05, 0) is 42.3 Å². The number of hydrogen-bond donors (Lipinski definition) is 2. The summed E-state index contributed by atoms with van der Waals surface area (Å²) in [7, 11) is 1.69. The molecule has 0 amide bonds. The Morgan fingerprint density at radius 2 is 1.95 bits per heavy atom. The van der Waals surface area contributed by atoms with Crippen molar-refractivity contribution in [2.45, 2.75) is 26.3 Å². The van der Waals surface area contributed by atoms with Crippen LogP contribution in [0, 0.1) is 5.92 Å². The van der Waals surface area contributed by atoms with E-state index in [1.54, 1.807) is 7.11 Å². The van der Waals surface area contributed by atoms with Crippen LogP contribution < -0.4 is 10.1 Å². The van der Waals surface area contributed by atoms with Gasteiger partial charge in [-0.3, -0.25) is 0 Å². The first-order valence-electron chi connectivity index (χ1n) is 7.27. The van der Waals surface area contributed by atoms with Crippen LogP contribution in [0.15, 0.2) is 24.3 Å². The van der Waals surface area contributed by atoms with Crippen LogP contribution >= 0.6 is 11.8 Å². The van der Waals surface area contributed by atoms with Crippen LogP contribution in [-0.2, 0) is 0 Å². The van der Waals surface area contributed by atoms with Gasteiger partial charge in [0.2, 0.25) is 0 Å². The number of thioether (sulfide) groups is 1. The highest BCUT2D eigenvalue weighted by Crippen LogP contribution is 2.22. The summed E-state index contributed by atoms with van der Waals surface area (Å²) in [5, 5.41) is 12.7. The Balaban J connectivity index is 2.57. The van der Waals surface area contributed by atoms with E-state index in [1.807, 2.05) is 23.9 Å². The molecule has 2 N–H and O–H groups in total. The highest BCUT2D eigenvalue weighted by atomic mass is 32.2. The van der Waals surface area contributed by atoms with Gasteiger partial charge >= 0.3 is 0 Å². The third kappa shape index (κ3) is 6.16. The van der Waals surface area contributed by atoms with E-state index < -0.39 is 0 Å². The number of hydrogen-bond acceptors (Lipinski definition) is 4. The van der Waals surface area contributed by atoms with Gasteiger partial charge in [0.25, 0.3) is 0 Å². The second kappa shape index (κ2) is 10.1.